The topological polar surface area (TPSA) is 115 Å². The van der Waals surface area contributed by atoms with Crippen LogP contribution < -0.4 is 10.6 Å². The second-order valence-corrected chi connectivity index (χ2v) is 7.19. The first-order valence-electron chi connectivity index (χ1n) is 9.88. The largest absolute Gasteiger partial charge is 0.467 e. The summed E-state index contributed by atoms with van der Waals surface area (Å²) in [6, 6.07) is 4.94. The van der Waals surface area contributed by atoms with Crippen LogP contribution in [0.25, 0.3) is 11.1 Å². The van der Waals surface area contributed by atoms with Gasteiger partial charge in [0, 0.05) is 35.4 Å². The van der Waals surface area contributed by atoms with E-state index in [0.717, 1.165) is 0 Å². The first-order valence-corrected chi connectivity index (χ1v) is 10.3. The number of nitrogens with one attached hydrogen (secondary N) is 2. The van der Waals surface area contributed by atoms with Crippen molar-refractivity contribution in [2.45, 2.75) is 19.9 Å². The molecule has 33 heavy (non-hydrogen) atoms. The molecule has 11 heteroatoms. The summed E-state index contributed by atoms with van der Waals surface area (Å²) in [7, 11) is 1.28. The Bertz CT molecular complexity index is 1180. The smallest absolute Gasteiger partial charge is 0.339 e. The molecule has 3 aromatic rings. The number of hydrogen-bond acceptors (Lipinski definition) is 9. The monoisotopic (exact) mass is 473 g/mol. The molecule has 0 saturated heterocycles. The van der Waals surface area contributed by atoms with Gasteiger partial charge in [0.1, 0.15) is 17.7 Å². The van der Waals surface area contributed by atoms with Crippen molar-refractivity contribution in [3.8, 4) is 11.1 Å². The van der Waals surface area contributed by atoms with Crippen molar-refractivity contribution < 1.29 is 23.5 Å². The van der Waals surface area contributed by atoms with Gasteiger partial charge in [-0.2, -0.15) is 4.98 Å². The standard InChI is InChI=1S/C22H21ClFN5O4/c1-4-33-21(31)14-7-13(9-25-10-14)16-11-26-22(28-15-5-6-18(24)17(23)8-15)29-19(16)27-12(2)20(30)32-3/h5-12H,4H2,1-3H3,(H2,26,27,28,29)/t12-/m1/s1. The maximum atomic E-state index is 13.4. The molecule has 0 fully saturated rings. The number of ether oxygens (including phenoxy) is 2. The molecule has 0 aliphatic rings. The maximum Gasteiger partial charge on any atom is 0.339 e. The lowest BCUT2D eigenvalue weighted by atomic mass is 10.1. The minimum absolute atomic E-state index is 0.0591. The molecule has 1 aromatic carbocycles. The Hall–Kier alpha value is -3.79. The number of methoxy groups -OCH3 is 1. The van der Waals surface area contributed by atoms with Gasteiger partial charge in [-0.15, -0.1) is 0 Å². The lowest BCUT2D eigenvalue weighted by Crippen LogP contribution is -2.28. The highest BCUT2D eigenvalue weighted by atomic mass is 35.5. The summed E-state index contributed by atoms with van der Waals surface area (Å²) in [6.07, 6.45) is 4.42. The molecular weight excluding hydrogens is 453 g/mol. The average molecular weight is 474 g/mol. The van der Waals surface area contributed by atoms with Crippen LogP contribution in [0.5, 0.6) is 0 Å². The van der Waals surface area contributed by atoms with Crippen molar-refractivity contribution in [1.29, 1.82) is 0 Å². The highest BCUT2D eigenvalue weighted by Crippen LogP contribution is 2.29. The van der Waals surface area contributed by atoms with E-state index < -0.39 is 23.8 Å². The summed E-state index contributed by atoms with van der Waals surface area (Å²) in [4.78, 5) is 36.9. The molecule has 0 unspecified atom stereocenters. The molecule has 172 valence electrons. The van der Waals surface area contributed by atoms with Gasteiger partial charge in [0.25, 0.3) is 0 Å². The fraction of sp³-hybridized carbons (Fsp3) is 0.227. The third kappa shape index (κ3) is 5.92. The van der Waals surface area contributed by atoms with Crippen LogP contribution >= 0.6 is 11.6 Å². The number of anilines is 3. The van der Waals surface area contributed by atoms with E-state index in [9.17, 15) is 14.0 Å². The van der Waals surface area contributed by atoms with Gasteiger partial charge in [-0.1, -0.05) is 11.6 Å². The third-order valence-electron chi connectivity index (χ3n) is 4.43. The van der Waals surface area contributed by atoms with E-state index in [-0.39, 0.29) is 29.0 Å². The SMILES string of the molecule is CCOC(=O)c1cncc(-c2cnc(Nc3ccc(F)c(Cl)c3)nc2N[C@H](C)C(=O)OC)c1. The zero-order chi connectivity index (χ0) is 24.0. The minimum atomic E-state index is -0.738. The molecule has 9 nitrogen and oxygen atoms in total. The van der Waals surface area contributed by atoms with E-state index in [1.54, 1.807) is 19.9 Å². The van der Waals surface area contributed by atoms with Crippen molar-refractivity contribution >= 4 is 41.0 Å². The molecule has 2 aromatic heterocycles. The van der Waals surface area contributed by atoms with Crippen molar-refractivity contribution in [1.82, 2.24) is 15.0 Å². The molecule has 3 rings (SSSR count). The zero-order valence-electron chi connectivity index (χ0n) is 18.1. The Morgan fingerprint density at radius 2 is 2.00 bits per heavy atom. The van der Waals surface area contributed by atoms with Crippen LogP contribution in [0.2, 0.25) is 5.02 Å². The predicted octanol–water partition coefficient (Wildman–Crippen LogP) is 4.22. The van der Waals surface area contributed by atoms with Gasteiger partial charge in [-0.25, -0.2) is 19.0 Å². The van der Waals surface area contributed by atoms with Gasteiger partial charge in [-0.3, -0.25) is 4.98 Å². The molecule has 2 N–H and O–H groups in total. The molecule has 0 aliphatic heterocycles. The molecule has 1 atom stereocenters. The molecule has 0 radical (unpaired) electrons. The van der Waals surface area contributed by atoms with E-state index >= 15 is 0 Å². The number of halogens is 2. The molecule has 0 spiro atoms. The van der Waals surface area contributed by atoms with Crippen LogP contribution in [0.1, 0.15) is 24.2 Å². The third-order valence-corrected chi connectivity index (χ3v) is 4.72. The van der Waals surface area contributed by atoms with E-state index in [0.29, 0.717) is 16.8 Å². The number of benzene rings is 1. The molecule has 0 amide bonds. The van der Waals surface area contributed by atoms with E-state index in [4.69, 9.17) is 21.1 Å². The number of esters is 2. The average Bonchev–Trinajstić information content (AvgIpc) is 2.81. The van der Waals surface area contributed by atoms with Gasteiger partial charge in [0.05, 0.1) is 24.3 Å². The van der Waals surface area contributed by atoms with E-state index in [1.807, 2.05) is 0 Å². The number of nitrogens with zero attached hydrogens (tertiary/aromatic N) is 3. The summed E-state index contributed by atoms with van der Waals surface area (Å²) in [6.45, 7) is 3.54. The van der Waals surface area contributed by atoms with E-state index in [1.165, 1.54) is 43.9 Å². The Morgan fingerprint density at radius 1 is 1.21 bits per heavy atom. The minimum Gasteiger partial charge on any atom is -0.467 e. The summed E-state index contributed by atoms with van der Waals surface area (Å²) >= 11 is 5.83. The highest BCUT2D eigenvalue weighted by molar-refractivity contribution is 6.31. The number of hydrogen-bond donors (Lipinski definition) is 2. The van der Waals surface area contributed by atoms with Gasteiger partial charge in [0.2, 0.25) is 5.95 Å². The first-order chi connectivity index (χ1) is 15.8. The van der Waals surface area contributed by atoms with E-state index in [2.05, 4.69) is 25.6 Å². The van der Waals surface area contributed by atoms with Crippen LogP contribution in [0.4, 0.5) is 21.8 Å². The second kappa shape index (κ2) is 10.7. The fourth-order valence-corrected chi connectivity index (χ4v) is 3.00. The van der Waals surface area contributed by atoms with Gasteiger partial charge < -0.3 is 20.1 Å². The molecule has 0 bridgehead atoms. The summed E-state index contributed by atoms with van der Waals surface area (Å²) < 4.78 is 23.3. The number of carbonyl (C=O) groups is 2. The Morgan fingerprint density at radius 3 is 2.70 bits per heavy atom. The van der Waals surface area contributed by atoms with Crippen LogP contribution in [0.15, 0.2) is 42.9 Å². The van der Waals surface area contributed by atoms with Gasteiger partial charge in [0.15, 0.2) is 0 Å². The lowest BCUT2D eigenvalue weighted by molar-refractivity contribution is -0.141. The number of carbonyl (C=O) groups excluding carboxylic acids is 2. The first kappa shape index (κ1) is 23.9. The number of rotatable bonds is 8. The van der Waals surface area contributed by atoms with Crippen LogP contribution in [0.3, 0.4) is 0 Å². The summed E-state index contributed by atoms with van der Waals surface area (Å²) in [5.41, 5.74) is 1.72. The number of pyridine rings is 1. The zero-order valence-corrected chi connectivity index (χ0v) is 18.8. The van der Waals surface area contributed by atoms with Gasteiger partial charge in [-0.05, 0) is 38.1 Å². The van der Waals surface area contributed by atoms with Crippen LogP contribution in [0, 0.1) is 5.82 Å². The quantitative estimate of drug-likeness (QED) is 0.464. The Balaban J connectivity index is 2.00. The molecule has 0 saturated carbocycles. The maximum absolute atomic E-state index is 13.4. The predicted molar refractivity (Wildman–Crippen MR) is 121 cm³/mol. The summed E-state index contributed by atoms with van der Waals surface area (Å²) in [5, 5.41) is 5.86. The van der Waals surface area contributed by atoms with Gasteiger partial charge >= 0.3 is 11.9 Å². The normalized spacial score (nSPS) is 11.4. The molecule has 0 aliphatic carbocycles. The Labute approximate surface area is 194 Å². The fourth-order valence-electron chi connectivity index (χ4n) is 2.82. The van der Waals surface area contributed by atoms with Crippen LogP contribution in [-0.4, -0.2) is 46.6 Å². The Kier molecular flexibility index (Phi) is 7.73. The van der Waals surface area contributed by atoms with Crippen molar-refractivity contribution in [2.24, 2.45) is 0 Å². The van der Waals surface area contributed by atoms with Crippen molar-refractivity contribution in [3.05, 3.63) is 59.3 Å². The summed E-state index contributed by atoms with van der Waals surface area (Å²) in [5.74, 6) is -1.13. The lowest BCUT2D eigenvalue weighted by Gasteiger charge is -2.17. The van der Waals surface area contributed by atoms with Crippen LogP contribution in [-0.2, 0) is 14.3 Å². The second-order valence-electron chi connectivity index (χ2n) is 6.78. The van der Waals surface area contributed by atoms with Crippen molar-refractivity contribution in [2.75, 3.05) is 24.4 Å². The number of aromatic nitrogens is 3. The molecular formula is C22H21ClFN5O4. The highest BCUT2D eigenvalue weighted by Gasteiger charge is 2.19. The van der Waals surface area contributed by atoms with Crippen molar-refractivity contribution in [3.63, 3.8) is 0 Å². The molecule has 2 heterocycles.